The van der Waals surface area contributed by atoms with Gasteiger partial charge in [-0.25, -0.2) is 4.98 Å². The number of aliphatic imine (C=N–C) groups is 1. The quantitative estimate of drug-likeness (QED) is 0.564. The normalized spacial score (nSPS) is 13.1. The molecule has 0 bridgehead atoms. The molecule has 126 valence electrons. The number of aryl methyl sites for hydroxylation is 1. The Labute approximate surface area is 147 Å². The molecule has 1 unspecified atom stereocenters. The fraction of sp³-hybridized carbons (Fsp3) is 0.529. The van der Waals surface area contributed by atoms with Gasteiger partial charge in [-0.05, 0) is 24.8 Å². The van der Waals surface area contributed by atoms with E-state index in [1.807, 2.05) is 0 Å². The highest BCUT2D eigenvalue weighted by Crippen LogP contribution is 2.20. The zero-order valence-corrected chi connectivity index (χ0v) is 15.8. The Balaban J connectivity index is 1.81. The van der Waals surface area contributed by atoms with Crippen LogP contribution in [0.3, 0.4) is 0 Å². The van der Waals surface area contributed by atoms with E-state index in [2.05, 4.69) is 59.3 Å². The Bertz CT molecular complexity index is 590. The third-order valence-corrected chi connectivity index (χ3v) is 5.62. The summed E-state index contributed by atoms with van der Waals surface area (Å²) in [5.74, 6) is 1.35. The number of hydrogen-bond donors (Lipinski definition) is 2. The van der Waals surface area contributed by atoms with Gasteiger partial charge in [0.05, 0.1) is 17.2 Å². The molecule has 0 aliphatic heterocycles. The van der Waals surface area contributed by atoms with Crippen molar-refractivity contribution in [2.75, 3.05) is 19.6 Å². The summed E-state index contributed by atoms with van der Waals surface area (Å²) in [5, 5.41) is 12.2. The van der Waals surface area contributed by atoms with Crippen LogP contribution in [-0.4, -0.2) is 30.6 Å². The highest BCUT2D eigenvalue weighted by Gasteiger charge is 2.06. The van der Waals surface area contributed by atoms with Crippen LogP contribution in [0.15, 0.2) is 27.9 Å². The number of thiazole rings is 1. The first-order valence-electron chi connectivity index (χ1n) is 8.21. The van der Waals surface area contributed by atoms with E-state index in [0.717, 1.165) is 38.4 Å². The molecule has 2 N–H and O–H groups in total. The van der Waals surface area contributed by atoms with E-state index in [1.165, 1.54) is 15.6 Å². The molecule has 0 saturated carbocycles. The molecule has 2 aromatic rings. The Hall–Kier alpha value is -1.40. The number of hydrogen-bond acceptors (Lipinski definition) is 4. The first-order valence-corrected chi connectivity index (χ1v) is 9.97. The summed E-state index contributed by atoms with van der Waals surface area (Å²) in [6.07, 6.45) is 1.95. The van der Waals surface area contributed by atoms with E-state index < -0.39 is 0 Å². The second-order valence-corrected chi connectivity index (χ2v) is 7.32. The number of guanidine groups is 1. The van der Waals surface area contributed by atoms with E-state index in [9.17, 15) is 0 Å². The molecule has 0 aromatic carbocycles. The van der Waals surface area contributed by atoms with Gasteiger partial charge in [-0.1, -0.05) is 19.9 Å². The molecule has 2 rings (SSSR count). The van der Waals surface area contributed by atoms with Crippen LogP contribution in [0.5, 0.6) is 0 Å². The molecule has 0 radical (unpaired) electrons. The zero-order chi connectivity index (χ0) is 16.5. The van der Waals surface area contributed by atoms with Crippen LogP contribution < -0.4 is 10.6 Å². The molecule has 0 amide bonds. The summed E-state index contributed by atoms with van der Waals surface area (Å²) >= 11 is 3.55. The molecule has 2 heterocycles. The Kier molecular flexibility index (Phi) is 7.55. The van der Waals surface area contributed by atoms with Gasteiger partial charge in [-0.3, -0.25) is 4.99 Å². The van der Waals surface area contributed by atoms with Gasteiger partial charge in [0.2, 0.25) is 0 Å². The number of nitrogens with one attached hydrogen (secondary N) is 2. The minimum Gasteiger partial charge on any atom is -0.357 e. The molecular formula is C17H26N4S2. The lowest BCUT2D eigenvalue weighted by Gasteiger charge is -2.12. The van der Waals surface area contributed by atoms with Crippen molar-refractivity contribution in [1.82, 2.24) is 15.6 Å². The predicted molar refractivity (Wildman–Crippen MR) is 102 cm³/mol. The van der Waals surface area contributed by atoms with Gasteiger partial charge in [-0.2, -0.15) is 0 Å². The third-order valence-electron chi connectivity index (χ3n) is 3.47. The van der Waals surface area contributed by atoms with Crippen molar-refractivity contribution in [3.05, 3.63) is 38.5 Å². The second kappa shape index (κ2) is 9.67. The summed E-state index contributed by atoms with van der Waals surface area (Å²) in [5.41, 5.74) is 1.17. The first kappa shape index (κ1) is 17.9. The van der Waals surface area contributed by atoms with Crippen LogP contribution in [0.25, 0.3) is 0 Å². The van der Waals surface area contributed by atoms with E-state index in [4.69, 9.17) is 4.99 Å². The van der Waals surface area contributed by atoms with Crippen molar-refractivity contribution < 1.29 is 0 Å². The highest BCUT2D eigenvalue weighted by molar-refractivity contribution is 7.10. The minimum absolute atomic E-state index is 0.455. The van der Waals surface area contributed by atoms with Gasteiger partial charge < -0.3 is 10.6 Å². The average molecular weight is 351 g/mol. The van der Waals surface area contributed by atoms with E-state index in [0.29, 0.717) is 5.92 Å². The van der Waals surface area contributed by atoms with Gasteiger partial charge in [0.15, 0.2) is 5.96 Å². The van der Waals surface area contributed by atoms with Crippen LogP contribution in [0, 0.1) is 0 Å². The van der Waals surface area contributed by atoms with Gasteiger partial charge in [0, 0.05) is 35.7 Å². The van der Waals surface area contributed by atoms with Crippen molar-refractivity contribution in [3.8, 4) is 0 Å². The summed E-state index contributed by atoms with van der Waals surface area (Å²) in [7, 11) is 0. The van der Waals surface area contributed by atoms with Crippen molar-refractivity contribution >= 4 is 28.6 Å². The number of aromatic nitrogens is 1. The van der Waals surface area contributed by atoms with Gasteiger partial charge in [0.25, 0.3) is 0 Å². The van der Waals surface area contributed by atoms with Gasteiger partial charge in [-0.15, -0.1) is 22.7 Å². The molecule has 23 heavy (non-hydrogen) atoms. The maximum atomic E-state index is 4.71. The molecule has 0 fully saturated rings. The van der Waals surface area contributed by atoms with Crippen molar-refractivity contribution in [2.24, 2.45) is 4.99 Å². The molecule has 2 aromatic heterocycles. The lowest BCUT2D eigenvalue weighted by atomic mass is 10.1. The topological polar surface area (TPSA) is 49.3 Å². The van der Waals surface area contributed by atoms with Crippen molar-refractivity contribution in [1.29, 1.82) is 0 Å². The monoisotopic (exact) mass is 350 g/mol. The summed E-state index contributed by atoms with van der Waals surface area (Å²) in [4.78, 5) is 10.7. The summed E-state index contributed by atoms with van der Waals surface area (Å²) < 4.78 is 0. The SMILES string of the molecule is CCNC(=NCC(C)c1cccs1)NCCc1csc(CC)n1. The van der Waals surface area contributed by atoms with Crippen LogP contribution in [0.4, 0.5) is 0 Å². The molecule has 4 nitrogen and oxygen atoms in total. The first-order chi connectivity index (χ1) is 11.2. The second-order valence-electron chi connectivity index (χ2n) is 5.40. The minimum atomic E-state index is 0.455. The molecule has 0 aliphatic rings. The maximum Gasteiger partial charge on any atom is 0.191 e. The fourth-order valence-corrected chi connectivity index (χ4v) is 3.72. The lowest BCUT2D eigenvalue weighted by Crippen LogP contribution is -2.38. The smallest absolute Gasteiger partial charge is 0.191 e. The standard InChI is InChI=1S/C17H26N4S2/c1-4-16-21-14(12-23-16)8-9-19-17(18-5-2)20-11-13(3)15-7-6-10-22-15/h6-7,10,12-13H,4-5,8-9,11H2,1-3H3,(H2,18,19,20). The molecule has 6 heteroatoms. The van der Waals surface area contributed by atoms with Crippen LogP contribution in [0.1, 0.15) is 42.3 Å². The molecule has 0 aliphatic carbocycles. The van der Waals surface area contributed by atoms with E-state index in [1.54, 1.807) is 22.7 Å². The highest BCUT2D eigenvalue weighted by atomic mass is 32.1. The summed E-state index contributed by atoms with van der Waals surface area (Å²) in [6, 6.07) is 4.28. The number of nitrogens with zero attached hydrogens (tertiary/aromatic N) is 2. The largest absolute Gasteiger partial charge is 0.357 e. The number of thiophene rings is 1. The van der Waals surface area contributed by atoms with Crippen LogP contribution in [0.2, 0.25) is 0 Å². The Morgan fingerprint density at radius 2 is 2.17 bits per heavy atom. The van der Waals surface area contributed by atoms with Crippen molar-refractivity contribution in [3.63, 3.8) is 0 Å². The molecule has 0 spiro atoms. The maximum absolute atomic E-state index is 4.71. The zero-order valence-electron chi connectivity index (χ0n) is 14.1. The fourth-order valence-electron chi connectivity index (χ4n) is 2.17. The summed E-state index contributed by atoms with van der Waals surface area (Å²) in [6.45, 7) is 8.98. The van der Waals surface area contributed by atoms with E-state index in [-0.39, 0.29) is 0 Å². The van der Waals surface area contributed by atoms with Gasteiger partial charge >= 0.3 is 0 Å². The lowest BCUT2D eigenvalue weighted by molar-refractivity contribution is 0.751. The Morgan fingerprint density at radius 1 is 1.30 bits per heavy atom. The van der Waals surface area contributed by atoms with E-state index >= 15 is 0 Å². The van der Waals surface area contributed by atoms with Crippen LogP contribution in [-0.2, 0) is 12.8 Å². The molecular weight excluding hydrogens is 324 g/mol. The Morgan fingerprint density at radius 3 is 2.83 bits per heavy atom. The van der Waals surface area contributed by atoms with Crippen LogP contribution >= 0.6 is 22.7 Å². The molecule has 0 saturated heterocycles. The third kappa shape index (κ3) is 5.95. The number of rotatable bonds is 8. The average Bonchev–Trinajstić information content (AvgIpc) is 3.23. The van der Waals surface area contributed by atoms with Crippen molar-refractivity contribution in [2.45, 2.75) is 39.5 Å². The van der Waals surface area contributed by atoms with Gasteiger partial charge in [0.1, 0.15) is 0 Å². The predicted octanol–water partition coefficient (Wildman–Crippen LogP) is 3.67. The molecule has 1 atom stereocenters.